The van der Waals surface area contributed by atoms with Crippen molar-refractivity contribution in [1.29, 1.82) is 0 Å². The molecule has 0 saturated carbocycles. The molecule has 2 saturated heterocycles. The minimum absolute atomic E-state index is 0.0684. The Bertz CT molecular complexity index is 800. The molecule has 0 aromatic carbocycles. The van der Waals surface area contributed by atoms with Crippen LogP contribution in [0.25, 0.3) is 5.65 Å². The minimum atomic E-state index is 0.0684. The highest BCUT2D eigenvalue weighted by atomic mass is 16.2. The molecule has 0 aliphatic carbocycles. The van der Waals surface area contributed by atoms with E-state index < -0.39 is 0 Å². The van der Waals surface area contributed by atoms with Crippen LogP contribution in [0, 0.1) is 0 Å². The van der Waals surface area contributed by atoms with Gasteiger partial charge in [0, 0.05) is 43.6 Å². The third kappa shape index (κ3) is 3.91. The zero-order chi connectivity index (χ0) is 19.5. The van der Waals surface area contributed by atoms with Crippen LogP contribution in [0.1, 0.15) is 55.5 Å². The first kappa shape index (κ1) is 19.3. The molecule has 7 nitrogen and oxygen atoms in total. The van der Waals surface area contributed by atoms with Crippen LogP contribution in [-0.2, 0) is 6.54 Å². The summed E-state index contributed by atoms with van der Waals surface area (Å²) in [5, 5.41) is 4.41. The Morgan fingerprint density at radius 2 is 1.82 bits per heavy atom. The number of carbonyl (C=O) groups is 1. The van der Waals surface area contributed by atoms with Crippen LogP contribution in [0.3, 0.4) is 0 Å². The van der Waals surface area contributed by atoms with E-state index in [4.69, 9.17) is 0 Å². The molecule has 0 N–H and O–H groups in total. The lowest BCUT2D eigenvalue weighted by atomic mass is 10.0. The molecule has 7 heteroatoms. The summed E-state index contributed by atoms with van der Waals surface area (Å²) >= 11 is 0. The maximum Gasteiger partial charge on any atom is 0.259 e. The predicted octanol–water partition coefficient (Wildman–Crippen LogP) is 2.27. The fraction of sp³-hybridized carbons (Fsp3) is 0.667. The van der Waals surface area contributed by atoms with Crippen molar-refractivity contribution in [3.05, 3.63) is 29.7 Å². The normalized spacial score (nSPS) is 19.2. The highest BCUT2D eigenvalue weighted by Gasteiger charge is 2.29. The Balaban J connectivity index is 1.43. The quantitative estimate of drug-likeness (QED) is 0.765. The summed E-state index contributed by atoms with van der Waals surface area (Å²) in [5.41, 5.74) is 2.40. The van der Waals surface area contributed by atoms with E-state index in [2.05, 4.69) is 33.7 Å². The molecule has 2 aliphatic rings. The molecule has 2 fully saturated rings. The van der Waals surface area contributed by atoms with Crippen molar-refractivity contribution in [2.75, 3.05) is 39.3 Å². The lowest BCUT2D eigenvalue weighted by Crippen LogP contribution is -2.45. The highest BCUT2D eigenvalue weighted by Crippen LogP contribution is 2.23. The maximum atomic E-state index is 13.1. The van der Waals surface area contributed by atoms with Crippen LogP contribution in [0.5, 0.6) is 0 Å². The summed E-state index contributed by atoms with van der Waals surface area (Å²) in [7, 11) is 0. The van der Waals surface area contributed by atoms with Gasteiger partial charge in [0.1, 0.15) is 5.56 Å². The molecule has 0 radical (unpaired) electrons. The molecular weight excluding hydrogens is 352 g/mol. The van der Waals surface area contributed by atoms with Crippen molar-refractivity contribution in [1.82, 2.24) is 29.3 Å². The monoisotopic (exact) mass is 384 g/mol. The predicted molar refractivity (Wildman–Crippen MR) is 109 cm³/mol. The Labute approximate surface area is 167 Å². The largest absolute Gasteiger partial charge is 0.338 e. The van der Waals surface area contributed by atoms with E-state index in [0.29, 0.717) is 17.3 Å². The molecule has 1 amide bonds. The molecule has 152 valence electrons. The molecular formula is C21H32N6O. The van der Waals surface area contributed by atoms with Crippen LogP contribution in [-0.4, -0.2) is 80.5 Å². The van der Waals surface area contributed by atoms with Gasteiger partial charge in [-0.3, -0.25) is 9.69 Å². The molecule has 0 unspecified atom stereocenters. The number of hydrogen-bond donors (Lipinski definition) is 0. The maximum absolute atomic E-state index is 13.1. The third-order valence-electron chi connectivity index (χ3n) is 6.35. The van der Waals surface area contributed by atoms with Crippen molar-refractivity contribution >= 4 is 11.6 Å². The van der Waals surface area contributed by atoms with Gasteiger partial charge >= 0.3 is 0 Å². The van der Waals surface area contributed by atoms with Crippen molar-refractivity contribution < 1.29 is 4.79 Å². The van der Waals surface area contributed by atoms with Gasteiger partial charge in [-0.2, -0.15) is 5.10 Å². The number of fused-ring (bicyclic) bond motifs is 1. The van der Waals surface area contributed by atoms with Crippen molar-refractivity contribution in [2.24, 2.45) is 0 Å². The van der Waals surface area contributed by atoms with E-state index in [9.17, 15) is 4.79 Å². The van der Waals surface area contributed by atoms with Gasteiger partial charge in [-0.05, 0) is 51.9 Å². The number of rotatable bonds is 6. The SMILES string of the molecule is CCN(CC)Cc1cnc2c(C(=O)N3CCC(N4CCCC4)CC3)cnn2c1. The second kappa shape index (κ2) is 8.57. The minimum Gasteiger partial charge on any atom is -0.338 e. The Hall–Kier alpha value is -1.99. The molecule has 2 aromatic heterocycles. The van der Waals surface area contributed by atoms with E-state index in [1.54, 1.807) is 10.7 Å². The van der Waals surface area contributed by atoms with Crippen LogP contribution < -0.4 is 0 Å². The van der Waals surface area contributed by atoms with Crippen LogP contribution in [0.4, 0.5) is 0 Å². The van der Waals surface area contributed by atoms with E-state index >= 15 is 0 Å². The van der Waals surface area contributed by atoms with E-state index in [1.165, 1.54) is 25.9 Å². The number of carbonyl (C=O) groups excluding carboxylic acids is 1. The van der Waals surface area contributed by atoms with Gasteiger partial charge < -0.3 is 9.80 Å². The summed E-state index contributed by atoms with van der Waals surface area (Å²) in [6, 6.07) is 0.649. The standard InChI is InChI=1S/C21H32N6O/c1-3-24(4-2)15-17-13-22-20-19(14-23-27(20)16-17)21(28)26-11-7-18(8-12-26)25-9-5-6-10-25/h13-14,16,18H,3-12,15H2,1-2H3. The molecule has 4 rings (SSSR count). The van der Waals surface area contributed by atoms with E-state index in [1.807, 2.05) is 17.3 Å². The molecule has 0 atom stereocenters. The molecule has 2 aliphatic heterocycles. The summed E-state index contributed by atoms with van der Waals surface area (Å²) in [6.07, 6.45) is 10.4. The van der Waals surface area contributed by atoms with E-state index in [0.717, 1.165) is 51.1 Å². The van der Waals surface area contributed by atoms with Crippen molar-refractivity contribution in [3.63, 3.8) is 0 Å². The van der Waals surface area contributed by atoms with Gasteiger partial charge in [-0.15, -0.1) is 0 Å². The van der Waals surface area contributed by atoms with Crippen molar-refractivity contribution in [2.45, 2.75) is 52.1 Å². The van der Waals surface area contributed by atoms with Gasteiger partial charge in [0.05, 0.1) is 6.20 Å². The average molecular weight is 385 g/mol. The number of hydrogen-bond acceptors (Lipinski definition) is 5. The number of likely N-dealkylation sites (tertiary alicyclic amines) is 2. The fourth-order valence-corrected chi connectivity index (χ4v) is 4.56. The molecule has 2 aromatic rings. The smallest absolute Gasteiger partial charge is 0.259 e. The topological polar surface area (TPSA) is 57.0 Å². The van der Waals surface area contributed by atoms with Gasteiger partial charge in [-0.1, -0.05) is 13.8 Å². The fourth-order valence-electron chi connectivity index (χ4n) is 4.56. The van der Waals surface area contributed by atoms with Gasteiger partial charge in [0.2, 0.25) is 0 Å². The first-order valence-corrected chi connectivity index (χ1v) is 10.8. The first-order valence-electron chi connectivity index (χ1n) is 10.8. The molecule has 28 heavy (non-hydrogen) atoms. The number of nitrogens with zero attached hydrogens (tertiary/aromatic N) is 6. The van der Waals surface area contributed by atoms with Gasteiger partial charge in [0.15, 0.2) is 5.65 Å². The number of piperidine rings is 1. The van der Waals surface area contributed by atoms with Crippen molar-refractivity contribution in [3.8, 4) is 0 Å². The molecule has 4 heterocycles. The second-order valence-electron chi connectivity index (χ2n) is 8.02. The Morgan fingerprint density at radius 3 is 2.50 bits per heavy atom. The van der Waals surface area contributed by atoms with E-state index in [-0.39, 0.29) is 5.91 Å². The average Bonchev–Trinajstić information content (AvgIpc) is 3.41. The summed E-state index contributed by atoms with van der Waals surface area (Å²) < 4.78 is 1.75. The van der Waals surface area contributed by atoms with Gasteiger partial charge in [0.25, 0.3) is 5.91 Å². The first-order chi connectivity index (χ1) is 13.7. The number of amides is 1. The van der Waals surface area contributed by atoms with Crippen LogP contribution in [0.15, 0.2) is 18.6 Å². The van der Waals surface area contributed by atoms with Crippen LogP contribution in [0.2, 0.25) is 0 Å². The Kier molecular flexibility index (Phi) is 5.92. The zero-order valence-electron chi connectivity index (χ0n) is 17.2. The Morgan fingerprint density at radius 1 is 1.11 bits per heavy atom. The van der Waals surface area contributed by atoms with Crippen LogP contribution >= 0.6 is 0 Å². The number of aromatic nitrogens is 3. The molecule has 0 bridgehead atoms. The third-order valence-corrected chi connectivity index (χ3v) is 6.35. The van der Waals surface area contributed by atoms with Gasteiger partial charge in [-0.25, -0.2) is 9.50 Å². The lowest BCUT2D eigenvalue weighted by Gasteiger charge is -2.36. The highest BCUT2D eigenvalue weighted by molar-refractivity contribution is 5.99. The summed E-state index contributed by atoms with van der Waals surface area (Å²) in [5.74, 6) is 0.0684. The lowest BCUT2D eigenvalue weighted by molar-refractivity contribution is 0.0646. The summed E-state index contributed by atoms with van der Waals surface area (Å²) in [6.45, 7) is 11.3. The molecule has 0 spiro atoms. The second-order valence-corrected chi connectivity index (χ2v) is 8.02. The zero-order valence-corrected chi connectivity index (χ0v) is 17.2. The summed E-state index contributed by atoms with van der Waals surface area (Å²) in [4.78, 5) is 24.6.